The van der Waals surface area contributed by atoms with Crippen LogP contribution in [-0.4, -0.2) is 16.9 Å². The first-order chi connectivity index (χ1) is 8.45. The molecular weight excluding hydrogens is 318 g/mol. The standard InChI is InChI=1S/C12H13BrClN3O/c1-6-4-9(18-3)7(5-8(6)14)11-10(13)12(15)17(2)16-11/h4-5H,15H2,1-3H3. The van der Waals surface area contributed by atoms with E-state index < -0.39 is 0 Å². The van der Waals surface area contributed by atoms with Crippen LogP contribution in [0.5, 0.6) is 5.75 Å². The Labute approximate surface area is 119 Å². The van der Waals surface area contributed by atoms with Gasteiger partial charge in [0.25, 0.3) is 0 Å². The Hall–Kier alpha value is -1.20. The summed E-state index contributed by atoms with van der Waals surface area (Å²) in [6.07, 6.45) is 0. The van der Waals surface area contributed by atoms with Gasteiger partial charge in [-0.15, -0.1) is 0 Å². The molecule has 2 N–H and O–H groups in total. The first kappa shape index (κ1) is 13.2. The molecule has 0 aliphatic rings. The van der Waals surface area contributed by atoms with E-state index in [0.29, 0.717) is 16.5 Å². The highest BCUT2D eigenvalue weighted by molar-refractivity contribution is 9.10. The fraction of sp³-hybridized carbons (Fsp3) is 0.250. The minimum atomic E-state index is 0.559. The quantitative estimate of drug-likeness (QED) is 0.918. The van der Waals surface area contributed by atoms with E-state index >= 15 is 0 Å². The van der Waals surface area contributed by atoms with Gasteiger partial charge in [0.1, 0.15) is 17.3 Å². The monoisotopic (exact) mass is 329 g/mol. The Bertz CT molecular complexity index is 610. The maximum absolute atomic E-state index is 6.15. The van der Waals surface area contributed by atoms with Crippen LogP contribution >= 0.6 is 27.5 Å². The van der Waals surface area contributed by atoms with E-state index in [0.717, 1.165) is 21.3 Å². The minimum absolute atomic E-state index is 0.559. The summed E-state index contributed by atoms with van der Waals surface area (Å²) in [5.74, 6) is 1.28. The van der Waals surface area contributed by atoms with E-state index in [9.17, 15) is 0 Å². The van der Waals surface area contributed by atoms with E-state index in [1.807, 2.05) is 19.1 Å². The van der Waals surface area contributed by atoms with Gasteiger partial charge in [-0.2, -0.15) is 5.10 Å². The third kappa shape index (κ3) is 2.08. The molecule has 4 nitrogen and oxygen atoms in total. The third-order valence-corrected chi connectivity index (χ3v) is 3.96. The number of aromatic nitrogens is 2. The van der Waals surface area contributed by atoms with Crippen molar-refractivity contribution in [2.24, 2.45) is 7.05 Å². The van der Waals surface area contributed by atoms with Crippen molar-refractivity contribution in [2.75, 3.05) is 12.8 Å². The average molecular weight is 331 g/mol. The predicted octanol–water partition coefficient (Wildman–Crippen LogP) is 3.40. The molecule has 1 aromatic carbocycles. The highest BCUT2D eigenvalue weighted by Crippen LogP contribution is 2.39. The molecule has 0 unspecified atom stereocenters. The number of nitrogens with two attached hydrogens (primary N) is 1. The molecule has 0 aliphatic heterocycles. The second kappa shape index (κ2) is 4.82. The molecule has 0 atom stereocenters. The van der Waals surface area contributed by atoms with Crippen molar-refractivity contribution in [2.45, 2.75) is 6.92 Å². The summed E-state index contributed by atoms with van der Waals surface area (Å²) in [4.78, 5) is 0. The molecule has 18 heavy (non-hydrogen) atoms. The molecule has 0 saturated heterocycles. The van der Waals surface area contributed by atoms with E-state index in [4.69, 9.17) is 22.1 Å². The summed E-state index contributed by atoms with van der Waals surface area (Å²) < 4.78 is 7.71. The summed E-state index contributed by atoms with van der Waals surface area (Å²) in [5, 5.41) is 5.03. The van der Waals surface area contributed by atoms with Crippen LogP contribution in [0.4, 0.5) is 5.82 Å². The number of ether oxygens (including phenoxy) is 1. The van der Waals surface area contributed by atoms with Crippen LogP contribution in [0.25, 0.3) is 11.3 Å². The van der Waals surface area contributed by atoms with Crippen molar-refractivity contribution >= 4 is 33.3 Å². The molecular formula is C12H13BrClN3O. The highest BCUT2D eigenvalue weighted by Gasteiger charge is 2.18. The van der Waals surface area contributed by atoms with Crippen molar-refractivity contribution < 1.29 is 4.74 Å². The zero-order valence-electron chi connectivity index (χ0n) is 10.3. The Morgan fingerprint density at radius 1 is 1.44 bits per heavy atom. The lowest BCUT2D eigenvalue weighted by molar-refractivity contribution is 0.416. The zero-order valence-corrected chi connectivity index (χ0v) is 12.6. The molecule has 0 saturated carbocycles. The Morgan fingerprint density at radius 3 is 2.61 bits per heavy atom. The maximum Gasteiger partial charge on any atom is 0.136 e. The number of nitrogen functional groups attached to an aromatic ring is 1. The van der Waals surface area contributed by atoms with Crippen molar-refractivity contribution in [3.8, 4) is 17.0 Å². The number of methoxy groups -OCH3 is 1. The van der Waals surface area contributed by atoms with Crippen molar-refractivity contribution in [1.29, 1.82) is 0 Å². The van der Waals surface area contributed by atoms with Crippen LogP contribution in [0, 0.1) is 6.92 Å². The maximum atomic E-state index is 6.15. The first-order valence-electron chi connectivity index (χ1n) is 5.28. The van der Waals surface area contributed by atoms with E-state index in [2.05, 4.69) is 21.0 Å². The molecule has 6 heteroatoms. The Balaban J connectivity index is 2.70. The van der Waals surface area contributed by atoms with Crippen LogP contribution in [-0.2, 0) is 7.05 Å². The fourth-order valence-corrected chi connectivity index (χ4v) is 2.41. The number of hydrogen-bond donors (Lipinski definition) is 1. The number of halogens is 2. The Kier molecular flexibility index (Phi) is 3.54. The number of nitrogens with zero attached hydrogens (tertiary/aromatic N) is 2. The Morgan fingerprint density at radius 2 is 2.11 bits per heavy atom. The average Bonchev–Trinajstić information content (AvgIpc) is 2.60. The van der Waals surface area contributed by atoms with Crippen LogP contribution in [0.15, 0.2) is 16.6 Å². The van der Waals surface area contributed by atoms with Crippen LogP contribution in [0.2, 0.25) is 5.02 Å². The van der Waals surface area contributed by atoms with E-state index in [1.165, 1.54) is 0 Å². The van der Waals surface area contributed by atoms with Crippen LogP contribution < -0.4 is 10.5 Å². The van der Waals surface area contributed by atoms with Gasteiger partial charge in [-0.1, -0.05) is 11.6 Å². The minimum Gasteiger partial charge on any atom is -0.496 e. The number of benzene rings is 1. The predicted molar refractivity (Wildman–Crippen MR) is 77.1 cm³/mol. The van der Waals surface area contributed by atoms with Crippen molar-refractivity contribution in [3.05, 3.63) is 27.2 Å². The lowest BCUT2D eigenvalue weighted by Crippen LogP contribution is -1.97. The molecule has 2 aromatic rings. The normalized spacial score (nSPS) is 10.7. The largest absolute Gasteiger partial charge is 0.496 e. The zero-order chi connectivity index (χ0) is 13.4. The SMILES string of the molecule is COc1cc(C)c(Cl)cc1-c1nn(C)c(N)c1Br. The molecule has 1 heterocycles. The van der Waals surface area contributed by atoms with Gasteiger partial charge in [0.05, 0.1) is 11.6 Å². The molecule has 0 amide bonds. The van der Waals surface area contributed by atoms with Gasteiger partial charge in [-0.25, -0.2) is 0 Å². The molecule has 0 aliphatic carbocycles. The van der Waals surface area contributed by atoms with E-state index in [-0.39, 0.29) is 0 Å². The van der Waals surface area contributed by atoms with Gasteiger partial charge < -0.3 is 10.5 Å². The van der Waals surface area contributed by atoms with Gasteiger partial charge in [-0.05, 0) is 40.5 Å². The summed E-state index contributed by atoms with van der Waals surface area (Å²) in [5.41, 5.74) is 8.36. The molecule has 2 rings (SSSR count). The number of anilines is 1. The summed E-state index contributed by atoms with van der Waals surface area (Å²) >= 11 is 9.59. The van der Waals surface area contributed by atoms with E-state index in [1.54, 1.807) is 18.8 Å². The van der Waals surface area contributed by atoms with Crippen molar-refractivity contribution in [3.63, 3.8) is 0 Å². The smallest absolute Gasteiger partial charge is 0.136 e. The lowest BCUT2D eigenvalue weighted by atomic mass is 10.1. The number of rotatable bonds is 2. The second-order valence-corrected chi connectivity index (χ2v) is 5.17. The summed E-state index contributed by atoms with van der Waals surface area (Å²) in [7, 11) is 3.40. The fourth-order valence-electron chi connectivity index (χ4n) is 1.69. The summed E-state index contributed by atoms with van der Waals surface area (Å²) in [6.45, 7) is 1.93. The van der Waals surface area contributed by atoms with Crippen molar-refractivity contribution in [1.82, 2.24) is 9.78 Å². The molecule has 0 bridgehead atoms. The molecule has 0 spiro atoms. The lowest BCUT2D eigenvalue weighted by Gasteiger charge is -2.09. The van der Waals surface area contributed by atoms with Gasteiger partial charge in [0, 0.05) is 17.6 Å². The van der Waals surface area contributed by atoms with Gasteiger partial charge >= 0.3 is 0 Å². The van der Waals surface area contributed by atoms with Gasteiger partial charge in [0.15, 0.2) is 0 Å². The van der Waals surface area contributed by atoms with Gasteiger partial charge in [-0.3, -0.25) is 4.68 Å². The highest BCUT2D eigenvalue weighted by atomic mass is 79.9. The third-order valence-electron chi connectivity index (χ3n) is 2.77. The first-order valence-corrected chi connectivity index (χ1v) is 6.45. The molecule has 96 valence electrons. The second-order valence-electron chi connectivity index (χ2n) is 3.97. The number of hydrogen-bond acceptors (Lipinski definition) is 3. The number of aryl methyl sites for hydroxylation is 2. The molecule has 0 radical (unpaired) electrons. The van der Waals surface area contributed by atoms with Crippen LogP contribution in [0.3, 0.4) is 0 Å². The summed E-state index contributed by atoms with van der Waals surface area (Å²) in [6, 6.07) is 3.72. The molecule has 1 aromatic heterocycles. The topological polar surface area (TPSA) is 53.1 Å². The van der Waals surface area contributed by atoms with Crippen LogP contribution in [0.1, 0.15) is 5.56 Å². The van der Waals surface area contributed by atoms with Gasteiger partial charge in [0.2, 0.25) is 0 Å². The molecule has 0 fully saturated rings.